The van der Waals surface area contributed by atoms with Gasteiger partial charge in [0.05, 0.1) is 12.3 Å². The van der Waals surface area contributed by atoms with E-state index in [1.54, 1.807) is 13.0 Å². The molecule has 0 saturated carbocycles. The molecule has 0 atom stereocenters. The van der Waals surface area contributed by atoms with Crippen molar-refractivity contribution >= 4 is 5.97 Å². The summed E-state index contributed by atoms with van der Waals surface area (Å²) in [6, 6.07) is 13.3. The number of ether oxygens (including phenoxy) is 2. The monoisotopic (exact) mass is 355 g/mol. The molecule has 1 N–H and O–H groups in total. The molecule has 6 heteroatoms. The molecule has 1 fully saturated rings. The molecule has 1 aromatic carbocycles. The van der Waals surface area contributed by atoms with Crippen molar-refractivity contribution in [2.75, 3.05) is 45.9 Å². The molecule has 138 valence electrons. The lowest BCUT2D eigenvalue weighted by atomic mass is 10.1. The Morgan fingerprint density at radius 1 is 1.19 bits per heavy atom. The summed E-state index contributed by atoms with van der Waals surface area (Å²) in [5.41, 5.74) is 1.91. The van der Waals surface area contributed by atoms with Crippen molar-refractivity contribution in [2.24, 2.45) is 0 Å². The molecule has 2 heterocycles. The van der Waals surface area contributed by atoms with Crippen LogP contribution >= 0.6 is 0 Å². The van der Waals surface area contributed by atoms with Gasteiger partial charge in [-0.05, 0) is 6.92 Å². The molecule has 0 unspecified atom stereocenters. The third-order valence-electron chi connectivity index (χ3n) is 4.24. The van der Waals surface area contributed by atoms with Crippen molar-refractivity contribution in [1.82, 2.24) is 15.2 Å². The summed E-state index contributed by atoms with van der Waals surface area (Å²) in [6.07, 6.45) is 0. The number of benzene rings is 1. The van der Waals surface area contributed by atoms with Gasteiger partial charge in [-0.15, -0.1) is 0 Å². The molecule has 3 rings (SSSR count). The summed E-state index contributed by atoms with van der Waals surface area (Å²) in [5, 5.41) is 3.34. The van der Waals surface area contributed by atoms with E-state index in [-0.39, 0.29) is 5.69 Å². The van der Waals surface area contributed by atoms with Gasteiger partial charge in [0.25, 0.3) is 0 Å². The van der Waals surface area contributed by atoms with Crippen LogP contribution in [0.15, 0.2) is 42.5 Å². The van der Waals surface area contributed by atoms with Crippen LogP contribution in [0.25, 0.3) is 11.3 Å². The number of aromatic nitrogens is 1. The van der Waals surface area contributed by atoms with E-state index in [4.69, 9.17) is 9.47 Å². The largest absolute Gasteiger partial charge is 0.492 e. The second-order valence-electron chi connectivity index (χ2n) is 6.10. The first kappa shape index (κ1) is 18.4. The molecule has 1 saturated heterocycles. The molecule has 0 spiro atoms. The second kappa shape index (κ2) is 9.31. The maximum absolute atomic E-state index is 12.1. The van der Waals surface area contributed by atoms with Gasteiger partial charge in [-0.2, -0.15) is 0 Å². The van der Waals surface area contributed by atoms with Crippen LogP contribution in [-0.2, 0) is 4.74 Å². The van der Waals surface area contributed by atoms with E-state index in [0.717, 1.165) is 38.3 Å². The van der Waals surface area contributed by atoms with Crippen molar-refractivity contribution in [3.63, 3.8) is 0 Å². The molecule has 6 nitrogen and oxygen atoms in total. The molecule has 1 aliphatic rings. The molecule has 0 aliphatic carbocycles. The van der Waals surface area contributed by atoms with Crippen molar-refractivity contribution in [3.05, 3.63) is 48.2 Å². The van der Waals surface area contributed by atoms with Crippen molar-refractivity contribution in [1.29, 1.82) is 0 Å². The Kier molecular flexibility index (Phi) is 6.57. The Hall–Kier alpha value is -2.44. The fraction of sp³-hybridized carbons (Fsp3) is 0.400. The van der Waals surface area contributed by atoms with Gasteiger partial charge >= 0.3 is 5.97 Å². The lowest BCUT2D eigenvalue weighted by molar-refractivity contribution is 0.0519. The number of nitrogens with zero attached hydrogens (tertiary/aromatic N) is 2. The minimum Gasteiger partial charge on any atom is -0.492 e. The number of carbonyl (C=O) groups excluding carboxylic acids is 1. The number of esters is 1. The fourth-order valence-corrected chi connectivity index (χ4v) is 2.88. The molecule has 0 radical (unpaired) electrons. The minimum absolute atomic E-state index is 0.269. The summed E-state index contributed by atoms with van der Waals surface area (Å²) < 4.78 is 11.0. The van der Waals surface area contributed by atoms with Crippen LogP contribution in [0.2, 0.25) is 0 Å². The third kappa shape index (κ3) is 5.03. The molecule has 26 heavy (non-hydrogen) atoms. The standard InChI is InChI=1S/C20H25N3O3/c1-2-25-20(24)19-15-17(26-13-12-23-10-8-21-9-11-23)14-18(22-19)16-6-4-3-5-7-16/h3-7,14-15,21H,2,8-13H2,1H3. The van der Waals surface area contributed by atoms with E-state index in [9.17, 15) is 4.79 Å². The predicted molar refractivity (Wildman–Crippen MR) is 100 cm³/mol. The zero-order valence-corrected chi connectivity index (χ0v) is 15.1. The second-order valence-corrected chi connectivity index (χ2v) is 6.10. The summed E-state index contributed by atoms with van der Waals surface area (Å²) in [5.74, 6) is 0.203. The highest BCUT2D eigenvalue weighted by Crippen LogP contribution is 2.23. The number of nitrogens with one attached hydrogen (secondary N) is 1. The molecule has 0 amide bonds. The fourth-order valence-electron chi connectivity index (χ4n) is 2.88. The number of rotatable bonds is 7. The summed E-state index contributed by atoms with van der Waals surface area (Å²) >= 11 is 0. The zero-order chi connectivity index (χ0) is 18.2. The van der Waals surface area contributed by atoms with Gasteiger partial charge in [0, 0.05) is 50.4 Å². The van der Waals surface area contributed by atoms with Gasteiger partial charge in [0.1, 0.15) is 12.4 Å². The van der Waals surface area contributed by atoms with Crippen LogP contribution in [0.4, 0.5) is 0 Å². The van der Waals surface area contributed by atoms with Gasteiger partial charge in [0.15, 0.2) is 5.69 Å². The smallest absolute Gasteiger partial charge is 0.357 e. The van der Waals surface area contributed by atoms with Gasteiger partial charge in [-0.1, -0.05) is 30.3 Å². The summed E-state index contributed by atoms with van der Waals surface area (Å²) in [4.78, 5) is 19.0. The van der Waals surface area contributed by atoms with Crippen LogP contribution in [0, 0.1) is 0 Å². The van der Waals surface area contributed by atoms with E-state index in [0.29, 0.717) is 24.7 Å². The number of carbonyl (C=O) groups is 1. The van der Waals surface area contributed by atoms with Gasteiger partial charge in [-0.25, -0.2) is 9.78 Å². The molecular weight excluding hydrogens is 330 g/mol. The van der Waals surface area contributed by atoms with E-state index in [1.165, 1.54) is 0 Å². The Morgan fingerprint density at radius 3 is 2.69 bits per heavy atom. The van der Waals surface area contributed by atoms with E-state index < -0.39 is 5.97 Å². The summed E-state index contributed by atoms with van der Waals surface area (Å²) in [7, 11) is 0. The number of piperazine rings is 1. The Labute approximate surface area is 154 Å². The van der Waals surface area contributed by atoms with Crippen LogP contribution < -0.4 is 10.1 Å². The van der Waals surface area contributed by atoms with Crippen molar-refractivity contribution in [2.45, 2.75) is 6.92 Å². The maximum atomic E-state index is 12.1. The van der Waals surface area contributed by atoms with E-state index >= 15 is 0 Å². The normalized spacial score (nSPS) is 14.8. The van der Waals surface area contributed by atoms with Crippen molar-refractivity contribution < 1.29 is 14.3 Å². The van der Waals surface area contributed by atoms with Crippen molar-refractivity contribution in [3.8, 4) is 17.0 Å². The number of hydrogen-bond acceptors (Lipinski definition) is 6. The highest BCUT2D eigenvalue weighted by atomic mass is 16.5. The van der Waals surface area contributed by atoms with Gasteiger partial charge in [-0.3, -0.25) is 4.90 Å². The third-order valence-corrected chi connectivity index (χ3v) is 4.24. The SMILES string of the molecule is CCOC(=O)c1cc(OCCN2CCNCC2)cc(-c2ccccc2)n1. The lowest BCUT2D eigenvalue weighted by Crippen LogP contribution is -2.44. The molecule has 0 bridgehead atoms. The zero-order valence-electron chi connectivity index (χ0n) is 15.1. The van der Waals surface area contributed by atoms with Gasteiger partial charge < -0.3 is 14.8 Å². The maximum Gasteiger partial charge on any atom is 0.357 e. The topological polar surface area (TPSA) is 63.7 Å². The lowest BCUT2D eigenvalue weighted by Gasteiger charge is -2.26. The quantitative estimate of drug-likeness (QED) is 0.769. The highest BCUT2D eigenvalue weighted by Gasteiger charge is 2.14. The average Bonchev–Trinajstić information content (AvgIpc) is 2.69. The Morgan fingerprint density at radius 2 is 1.96 bits per heavy atom. The molecule has 1 aromatic heterocycles. The highest BCUT2D eigenvalue weighted by molar-refractivity contribution is 5.88. The Balaban J connectivity index is 1.74. The first-order valence-electron chi connectivity index (χ1n) is 9.07. The van der Waals surface area contributed by atoms with Gasteiger partial charge in [0.2, 0.25) is 0 Å². The molecular formula is C20H25N3O3. The van der Waals surface area contributed by atoms with Crippen LogP contribution in [0.3, 0.4) is 0 Å². The Bertz CT molecular complexity index is 715. The first-order chi connectivity index (χ1) is 12.8. The molecule has 2 aromatic rings. The summed E-state index contributed by atoms with van der Waals surface area (Å²) in [6.45, 7) is 7.62. The first-order valence-corrected chi connectivity index (χ1v) is 9.07. The predicted octanol–water partition coefficient (Wildman–Crippen LogP) is 2.21. The van der Waals surface area contributed by atoms with Crippen LogP contribution in [-0.4, -0.2) is 61.8 Å². The van der Waals surface area contributed by atoms with E-state index in [1.807, 2.05) is 36.4 Å². The minimum atomic E-state index is -0.433. The van der Waals surface area contributed by atoms with E-state index in [2.05, 4.69) is 15.2 Å². The van der Waals surface area contributed by atoms with Crippen LogP contribution in [0.5, 0.6) is 5.75 Å². The molecule has 1 aliphatic heterocycles. The van der Waals surface area contributed by atoms with Crippen LogP contribution in [0.1, 0.15) is 17.4 Å². The average molecular weight is 355 g/mol. The number of pyridine rings is 1. The number of hydrogen-bond donors (Lipinski definition) is 1.